The normalized spacial score (nSPS) is 13.5. The molecule has 0 spiro atoms. The number of rotatable bonds is 1. The maximum atomic E-state index is 5.93. The zero-order valence-electron chi connectivity index (χ0n) is 6.92. The first kappa shape index (κ1) is 9.25. The van der Waals surface area contributed by atoms with Gasteiger partial charge < -0.3 is 0 Å². The summed E-state index contributed by atoms with van der Waals surface area (Å²) in [5.41, 5.74) is 0.969. The first-order valence-corrected chi connectivity index (χ1v) is 5.50. The molecule has 1 heterocycles. The van der Waals surface area contributed by atoms with Crippen molar-refractivity contribution in [2.45, 2.75) is 12.3 Å². The number of fused-ring (bicyclic) bond motifs is 1. The molecular weight excluding hydrogens is 225 g/mol. The molecule has 1 atom stereocenters. The van der Waals surface area contributed by atoms with Crippen molar-refractivity contribution in [3.05, 3.63) is 28.2 Å². The van der Waals surface area contributed by atoms with Gasteiger partial charge in [0.15, 0.2) is 0 Å². The molecule has 4 heteroatoms. The molecule has 2 rings (SSSR count). The van der Waals surface area contributed by atoms with Gasteiger partial charge in [-0.1, -0.05) is 11.6 Å². The van der Waals surface area contributed by atoms with Gasteiger partial charge in [0.2, 0.25) is 0 Å². The topological polar surface area (TPSA) is 12.9 Å². The van der Waals surface area contributed by atoms with Crippen molar-refractivity contribution >= 4 is 44.8 Å². The third kappa shape index (κ3) is 1.80. The van der Waals surface area contributed by atoms with E-state index in [-0.39, 0.29) is 5.38 Å². The third-order valence-electron chi connectivity index (χ3n) is 1.71. The second-order valence-electron chi connectivity index (χ2n) is 2.78. The summed E-state index contributed by atoms with van der Waals surface area (Å²) < 4.78 is 1.09. The molecule has 2 aromatic rings. The minimum atomic E-state index is -0.0313. The van der Waals surface area contributed by atoms with Crippen LogP contribution in [-0.2, 0) is 0 Å². The molecule has 0 amide bonds. The van der Waals surface area contributed by atoms with E-state index < -0.39 is 0 Å². The van der Waals surface area contributed by atoms with E-state index in [0.29, 0.717) is 0 Å². The fraction of sp³-hybridized carbons (Fsp3) is 0.222. The van der Waals surface area contributed by atoms with E-state index in [0.717, 1.165) is 20.2 Å². The average molecular weight is 232 g/mol. The van der Waals surface area contributed by atoms with E-state index in [1.165, 1.54) is 0 Å². The van der Waals surface area contributed by atoms with Crippen molar-refractivity contribution in [1.29, 1.82) is 0 Å². The van der Waals surface area contributed by atoms with Crippen LogP contribution in [0.1, 0.15) is 17.3 Å². The zero-order chi connectivity index (χ0) is 9.42. The molecule has 0 bridgehead atoms. The van der Waals surface area contributed by atoms with Gasteiger partial charge in [-0.05, 0) is 25.1 Å². The largest absolute Gasteiger partial charge is 0.240 e. The summed E-state index contributed by atoms with van der Waals surface area (Å²) >= 11 is 13.4. The van der Waals surface area contributed by atoms with Gasteiger partial charge in [-0.2, -0.15) is 0 Å². The van der Waals surface area contributed by atoms with Crippen LogP contribution < -0.4 is 0 Å². The lowest BCUT2D eigenvalue weighted by Crippen LogP contribution is -1.79. The quantitative estimate of drug-likeness (QED) is 0.670. The first-order valence-electron chi connectivity index (χ1n) is 3.87. The maximum Gasteiger partial charge on any atom is 0.111 e. The van der Waals surface area contributed by atoms with E-state index in [1.807, 2.05) is 25.1 Å². The summed E-state index contributed by atoms with van der Waals surface area (Å²) in [6.07, 6.45) is 0. The molecule has 0 radical (unpaired) electrons. The van der Waals surface area contributed by atoms with Crippen LogP contribution in [-0.4, -0.2) is 4.98 Å². The highest BCUT2D eigenvalue weighted by Crippen LogP contribution is 2.30. The Balaban J connectivity index is 2.62. The predicted octanol–water partition coefficient (Wildman–Crippen LogP) is 4.25. The van der Waals surface area contributed by atoms with Crippen molar-refractivity contribution < 1.29 is 0 Å². The number of hydrogen-bond acceptors (Lipinski definition) is 2. The predicted molar refractivity (Wildman–Crippen MR) is 58.9 cm³/mol. The fourth-order valence-electron chi connectivity index (χ4n) is 1.09. The van der Waals surface area contributed by atoms with E-state index in [1.54, 1.807) is 11.3 Å². The van der Waals surface area contributed by atoms with Crippen LogP contribution in [0.15, 0.2) is 18.2 Å². The highest BCUT2D eigenvalue weighted by atomic mass is 35.5. The summed E-state index contributed by atoms with van der Waals surface area (Å²) in [6, 6.07) is 5.67. The molecule has 0 fully saturated rings. The summed E-state index contributed by atoms with van der Waals surface area (Å²) in [7, 11) is 0. The van der Waals surface area contributed by atoms with Crippen LogP contribution >= 0.6 is 34.5 Å². The second-order valence-corrected chi connectivity index (χ2v) is 4.93. The number of halogens is 2. The number of thiazole rings is 1. The first-order chi connectivity index (χ1) is 6.16. The van der Waals surface area contributed by atoms with E-state index in [9.17, 15) is 0 Å². The van der Waals surface area contributed by atoms with Gasteiger partial charge in [-0.25, -0.2) is 4.98 Å². The smallest absolute Gasteiger partial charge is 0.111 e. The zero-order valence-corrected chi connectivity index (χ0v) is 9.25. The third-order valence-corrected chi connectivity index (χ3v) is 3.48. The van der Waals surface area contributed by atoms with Crippen LogP contribution in [0, 0.1) is 0 Å². The lowest BCUT2D eigenvalue weighted by Gasteiger charge is -1.91. The van der Waals surface area contributed by atoms with Gasteiger partial charge in [0.25, 0.3) is 0 Å². The molecule has 0 aliphatic heterocycles. The number of alkyl halides is 1. The standard InChI is InChI=1S/C9H7Cl2NS/c1-5(10)9-12-7-3-2-6(11)4-8(7)13-9/h2-5H,1H3. The summed E-state index contributed by atoms with van der Waals surface area (Å²) in [5, 5.41) is 1.65. The molecule has 0 aliphatic carbocycles. The Labute approximate surface area is 90.3 Å². The Bertz CT molecular complexity index is 436. The molecule has 1 unspecified atom stereocenters. The maximum absolute atomic E-state index is 5.93. The van der Waals surface area contributed by atoms with Gasteiger partial charge in [-0.15, -0.1) is 22.9 Å². The molecule has 0 N–H and O–H groups in total. The lowest BCUT2D eigenvalue weighted by atomic mass is 10.3. The Morgan fingerprint density at radius 2 is 2.23 bits per heavy atom. The molecule has 1 aromatic heterocycles. The average Bonchev–Trinajstić information content (AvgIpc) is 2.46. The van der Waals surface area contributed by atoms with Crippen LogP contribution in [0.25, 0.3) is 10.2 Å². The second kappa shape index (κ2) is 3.45. The number of nitrogens with zero attached hydrogens (tertiary/aromatic N) is 1. The Hall–Kier alpha value is -0.310. The number of aromatic nitrogens is 1. The minimum absolute atomic E-state index is 0.0313. The molecule has 68 valence electrons. The van der Waals surface area contributed by atoms with Crippen LogP contribution in [0.4, 0.5) is 0 Å². The van der Waals surface area contributed by atoms with Crippen molar-refractivity contribution in [3.63, 3.8) is 0 Å². The number of hydrogen-bond donors (Lipinski definition) is 0. The monoisotopic (exact) mass is 231 g/mol. The van der Waals surface area contributed by atoms with Crippen LogP contribution in [0.5, 0.6) is 0 Å². The lowest BCUT2D eigenvalue weighted by molar-refractivity contribution is 1.06. The van der Waals surface area contributed by atoms with Gasteiger partial charge >= 0.3 is 0 Å². The van der Waals surface area contributed by atoms with Crippen molar-refractivity contribution in [1.82, 2.24) is 4.98 Å². The molecule has 0 aliphatic rings. The molecule has 13 heavy (non-hydrogen) atoms. The molecule has 0 saturated carbocycles. The SMILES string of the molecule is CC(Cl)c1nc2ccc(Cl)cc2s1. The van der Waals surface area contributed by atoms with Crippen molar-refractivity contribution in [2.24, 2.45) is 0 Å². The van der Waals surface area contributed by atoms with Crippen LogP contribution in [0.3, 0.4) is 0 Å². The highest BCUT2D eigenvalue weighted by Gasteiger charge is 2.08. The Kier molecular flexibility index (Phi) is 2.45. The summed E-state index contributed by atoms with van der Waals surface area (Å²) in [6.45, 7) is 1.92. The fourth-order valence-corrected chi connectivity index (χ4v) is 2.44. The summed E-state index contributed by atoms with van der Waals surface area (Å²) in [5.74, 6) is 0. The Morgan fingerprint density at radius 1 is 1.46 bits per heavy atom. The molecule has 1 aromatic carbocycles. The van der Waals surface area contributed by atoms with E-state index in [4.69, 9.17) is 23.2 Å². The van der Waals surface area contributed by atoms with E-state index in [2.05, 4.69) is 4.98 Å². The van der Waals surface area contributed by atoms with Gasteiger partial charge in [0.1, 0.15) is 5.01 Å². The van der Waals surface area contributed by atoms with Crippen molar-refractivity contribution in [2.75, 3.05) is 0 Å². The van der Waals surface area contributed by atoms with Gasteiger partial charge in [0.05, 0.1) is 15.6 Å². The Morgan fingerprint density at radius 3 is 2.92 bits per heavy atom. The minimum Gasteiger partial charge on any atom is -0.240 e. The van der Waals surface area contributed by atoms with Crippen molar-refractivity contribution in [3.8, 4) is 0 Å². The van der Waals surface area contributed by atoms with E-state index >= 15 is 0 Å². The van der Waals surface area contributed by atoms with Crippen LogP contribution in [0.2, 0.25) is 5.02 Å². The van der Waals surface area contributed by atoms with Gasteiger partial charge in [0, 0.05) is 5.02 Å². The number of benzene rings is 1. The molecule has 1 nitrogen and oxygen atoms in total. The molecular formula is C9H7Cl2NS. The summed E-state index contributed by atoms with van der Waals surface area (Å²) in [4.78, 5) is 4.38. The highest BCUT2D eigenvalue weighted by molar-refractivity contribution is 7.18. The van der Waals surface area contributed by atoms with Gasteiger partial charge in [-0.3, -0.25) is 0 Å². The molecule has 0 saturated heterocycles.